The number of furan rings is 1. The number of aromatic nitrogens is 2. The van der Waals surface area contributed by atoms with Crippen molar-refractivity contribution >= 4 is 42.5 Å². The number of hydrogen-bond acceptors (Lipinski definition) is 8. The standard InChI is InChI=1S/C33H49N5O4Si/c1-21(2)24-20-40-28-13-12-23(36-29(24)28)16-35-25-17-34-15-14-27(25)38-18-22(3)30(42-43(10,11)33(7,8)9)26(19-38)37-31(39)41-32(4,5)6/h12-15,17,20,22,26,30,35H,1,16,18-19H2,2-11H3,(H,37,39)/t22-,26+,30?/m0/s1. The molecule has 1 amide bonds. The van der Waals surface area contributed by atoms with Crippen molar-refractivity contribution in [1.82, 2.24) is 15.3 Å². The van der Waals surface area contributed by atoms with Crippen LogP contribution >= 0.6 is 0 Å². The number of piperidine rings is 1. The van der Waals surface area contributed by atoms with Crippen LogP contribution in [0.2, 0.25) is 18.1 Å². The number of hydrogen-bond donors (Lipinski definition) is 2. The maximum absolute atomic E-state index is 13.0. The van der Waals surface area contributed by atoms with Gasteiger partial charge in [-0.15, -0.1) is 0 Å². The molecular weight excluding hydrogens is 558 g/mol. The van der Waals surface area contributed by atoms with Crippen LogP contribution in [0.4, 0.5) is 16.2 Å². The molecule has 1 fully saturated rings. The number of allylic oxidation sites excluding steroid dienone is 1. The molecule has 3 aromatic rings. The summed E-state index contributed by atoms with van der Waals surface area (Å²) in [7, 11) is -2.11. The van der Waals surface area contributed by atoms with Crippen LogP contribution < -0.4 is 15.5 Å². The van der Waals surface area contributed by atoms with Gasteiger partial charge in [-0.1, -0.05) is 34.3 Å². The highest BCUT2D eigenvalue weighted by Gasteiger charge is 2.45. The molecule has 0 spiro atoms. The molecule has 1 unspecified atom stereocenters. The Morgan fingerprint density at radius 2 is 1.88 bits per heavy atom. The van der Waals surface area contributed by atoms with E-state index in [0.717, 1.165) is 45.8 Å². The van der Waals surface area contributed by atoms with Crippen molar-refractivity contribution in [1.29, 1.82) is 0 Å². The fraction of sp³-hybridized carbons (Fsp3) is 0.545. The Balaban J connectivity index is 1.57. The zero-order valence-corrected chi connectivity index (χ0v) is 28.5. The average Bonchev–Trinajstić information content (AvgIpc) is 3.31. The molecule has 1 aliphatic heterocycles. The molecule has 0 aliphatic carbocycles. The number of carbonyl (C=O) groups excluding carboxylic acids is 1. The molecule has 0 bridgehead atoms. The Morgan fingerprint density at radius 3 is 2.53 bits per heavy atom. The molecule has 1 aliphatic rings. The topological polar surface area (TPSA) is 102 Å². The lowest BCUT2D eigenvalue weighted by molar-refractivity contribution is 0.0336. The number of nitrogens with one attached hydrogen (secondary N) is 2. The number of carbonyl (C=O) groups is 1. The van der Waals surface area contributed by atoms with Crippen molar-refractivity contribution in [3.63, 3.8) is 0 Å². The van der Waals surface area contributed by atoms with Crippen molar-refractivity contribution in [2.75, 3.05) is 23.3 Å². The van der Waals surface area contributed by atoms with E-state index >= 15 is 0 Å². The van der Waals surface area contributed by atoms with E-state index in [-0.39, 0.29) is 23.1 Å². The fourth-order valence-corrected chi connectivity index (χ4v) is 6.53. The first kappa shape index (κ1) is 32.5. The van der Waals surface area contributed by atoms with E-state index in [1.165, 1.54) is 0 Å². The van der Waals surface area contributed by atoms with E-state index in [0.29, 0.717) is 13.1 Å². The Hall–Kier alpha value is -3.37. The normalized spacial score (nSPS) is 19.8. The maximum Gasteiger partial charge on any atom is 0.408 e. The zero-order chi connectivity index (χ0) is 31.7. The molecule has 43 heavy (non-hydrogen) atoms. The Bertz CT molecular complexity index is 1460. The first-order valence-corrected chi connectivity index (χ1v) is 18.0. The van der Waals surface area contributed by atoms with Gasteiger partial charge < -0.3 is 29.1 Å². The molecule has 0 radical (unpaired) electrons. The first-order chi connectivity index (χ1) is 19.9. The van der Waals surface area contributed by atoms with Crippen LogP contribution in [0.1, 0.15) is 66.6 Å². The van der Waals surface area contributed by atoms with E-state index in [1.54, 1.807) is 12.5 Å². The summed E-state index contributed by atoms with van der Waals surface area (Å²) in [5.41, 5.74) is 5.57. The van der Waals surface area contributed by atoms with Gasteiger partial charge in [0.15, 0.2) is 13.9 Å². The molecule has 1 saturated heterocycles. The highest BCUT2D eigenvalue weighted by molar-refractivity contribution is 6.74. The van der Waals surface area contributed by atoms with E-state index in [1.807, 2.05) is 52.1 Å². The summed E-state index contributed by atoms with van der Waals surface area (Å²) in [4.78, 5) is 24.6. The molecule has 2 N–H and O–H groups in total. The van der Waals surface area contributed by atoms with Crippen LogP contribution in [0.15, 0.2) is 47.9 Å². The minimum Gasteiger partial charge on any atom is -0.462 e. The summed E-state index contributed by atoms with van der Waals surface area (Å²) in [6, 6.07) is 5.65. The maximum atomic E-state index is 13.0. The van der Waals surface area contributed by atoms with E-state index in [2.05, 4.69) is 67.9 Å². The predicted molar refractivity (Wildman–Crippen MR) is 177 cm³/mol. The van der Waals surface area contributed by atoms with E-state index < -0.39 is 20.0 Å². The number of fused-ring (bicyclic) bond motifs is 1. The van der Waals surface area contributed by atoms with Crippen LogP contribution in [-0.2, 0) is 15.7 Å². The van der Waals surface area contributed by atoms with Gasteiger partial charge in [-0.25, -0.2) is 9.78 Å². The van der Waals surface area contributed by atoms with Crippen LogP contribution in [0, 0.1) is 5.92 Å². The van der Waals surface area contributed by atoms with Crippen LogP contribution in [-0.4, -0.2) is 55.2 Å². The number of ether oxygens (including phenoxy) is 1. The highest BCUT2D eigenvalue weighted by atomic mass is 28.4. The number of anilines is 2. The summed E-state index contributed by atoms with van der Waals surface area (Å²) in [6.45, 7) is 26.9. The highest BCUT2D eigenvalue weighted by Crippen LogP contribution is 2.40. The Morgan fingerprint density at radius 1 is 1.16 bits per heavy atom. The molecule has 4 rings (SSSR count). The van der Waals surface area contributed by atoms with Crippen LogP contribution in [0.5, 0.6) is 0 Å². The lowest BCUT2D eigenvalue weighted by Crippen LogP contribution is -2.62. The number of pyridine rings is 2. The zero-order valence-electron chi connectivity index (χ0n) is 27.5. The number of rotatable bonds is 8. The number of alkyl carbamates (subject to hydrolysis) is 1. The van der Waals surface area contributed by atoms with E-state index in [4.69, 9.17) is 18.6 Å². The predicted octanol–water partition coefficient (Wildman–Crippen LogP) is 7.61. The molecule has 3 aromatic heterocycles. The number of nitrogens with zero attached hydrogens (tertiary/aromatic N) is 3. The van der Waals surface area contributed by atoms with Gasteiger partial charge in [0.2, 0.25) is 0 Å². The van der Waals surface area contributed by atoms with Crippen molar-refractivity contribution in [2.45, 2.75) is 97.8 Å². The van der Waals surface area contributed by atoms with Crippen molar-refractivity contribution in [2.24, 2.45) is 5.92 Å². The smallest absolute Gasteiger partial charge is 0.408 e. The molecule has 10 heteroatoms. The van der Waals surface area contributed by atoms with Gasteiger partial charge in [0.25, 0.3) is 0 Å². The summed E-state index contributed by atoms with van der Waals surface area (Å²) in [5.74, 6) is 0.148. The third kappa shape index (κ3) is 7.78. The minimum absolute atomic E-state index is 0.0428. The molecule has 234 valence electrons. The molecule has 3 atom stereocenters. The van der Waals surface area contributed by atoms with Gasteiger partial charge in [0.05, 0.1) is 42.0 Å². The van der Waals surface area contributed by atoms with Crippen LogP contribution in [0.3, 0.4) is 0 Å². The lowest BCUT2D eigenvalue weighted by Gasteiger charge is -2.48. The Kier molecular flexibility index (Phi) is 9.32. The van der Waals surface area contributed by atoms with Gasteiger partial charge >= 0.3 is 6.09 Å². The summed E-state index contributed by atoms with van der Waals surface area (Å²) < 4.78 is 18.3. The SMILES string of the molecule is C=C(C)c1coc2ccc(CNc3cnccc3N3C[C@H](C)C(O[Si](C)(C)C(C)(C)C)[C@H](NC(=O)OC(C)(C)C)C3)nc12. The van der Waals surface area contributed by atoms with Gasteiger partial charge in [-0.05, 0) is 69.6 Å². The molecule has 4 heterocycles. The van der Waals surface area contributed by atoms with Gasteiger partial charge in [0.1, 0.15) is 17.4 Å². The quantitative estimate of drug-likeness (QED) is 0.252. The van der Waals surface area contributed by atoms with Crippen molar-refractivity contribution in [3.8, 4) is 0 Å². The fourth-order valence-electron chi connectivity index (χ4n) is 5.10. The Labute approximate surface area is 257 Å². The summed E-state index contributed by atoms with van der Waals surface area (Å²) in [6.07, 6.45) is 4.77. The minimum atomic E-state index is -2.11. The second-order valence-corrected chi connectivity index (χ2v) is 19.1. The molecule has 0 aromatic carbocycles. The van der Waals surface area contributed by atoms with E-state index in [9.17, 15) is 4.79 Å². The van der Waals surface area contributed by atoms with Crippen molar-refractivity contribution < 1.29 is 18.4 Å². The van der Waals surface area contributed by atoms with Crippen molar-refractivity contribution in [3.05, 3.63) is 54.7 Å². The molecule has 9 nitrogen and oxygen atoms in total. The monoisotopic (exact) mass is 607 g/mol. The third-order valence-corrected chi connectivity index (χ3v) is 12.8. The largest absolute Gasteiger partial charge is 0.462 e. The van der Waals surface area contributed by atoms with Crippen LogP contribution in [0.25, 0.3) is 16.7 Å². The second kappa shape index (κ2) is 12.3. The van der Waals surface area contributed by atoms with Gasteiger partial charge in [-0.3, -0.25) is 4.98 Å². The number of amides is 1. The summed E-state index contributed by atoms with van der Waals surface area (Å²) >= 11 is 0. The third-order valence-electron chi connectivity index (χ3n) is 8.36. The van der Waals surface area contributed by atoms with Gasteiger partial charge in [0, 0.05) is 30.8 Å². The molecular formula is C33H49N5O4Si. The first-order valence-electron chi connectivity index (χ1n) is 15.1. The molecule has 0 saturated carbocycles. The second-order valence-electron chi connectivity index (χ2n) is 14.3. The average molecular weight is 608 g/mol. The summed E-state index contributed by atoms with van der Waals surface area (Å²) in [5, 5.41) is 6.76. The lowest BCUT2D eigenvalue weighted by atomic mass is 9.92. The van der Waals surface area contributed by atoms with Gasteiger partial charge in [-0.2, -0.15) is 0 Å².